The largest absolute Gasteiger partial charge is 0.360 e. The minimum Gasteiger partial charge on any atom is -0.360 e. The number of halogens is 2. The lowest BCUT2D eigenvalue weighted by atomic mass is 10.1. The molecule has 2 rings (SSSR count). The van der Waals surface area contributed by atoms with E-state index in [9.17, 15) is 4.79 Å². The summed E-state index contributed by atoms with van der Waals surface area (Å²) in [6.45, 7) is 2.21. The molecule has 0 bridgehead atoms. The van der Waals surface area contributed by atoms with Crippen LogP contribution in [-0.4, -0.2) is 23.5 Å². The SMILES string of the molecule is Cc1onc(-c2ccccc2Cl)c1C(=O)NCCCCl. The fourth-order valence-corrected chi connectivity index (χ4v) is 2.19. The van der Waals surface area contributed by atoms with Crippen molar-refractivity contribution in [2.45, 2.75) is 13.3 Å². The second-order valence-electron chi connectivity index (χ2n) is 4.24. The van der Waals surface area contributed by atoms with Crippen molar-refractivity contribution in [2.24, 2.45) is 0 Å². The third-order valence-electron chi connectivity index (χ3n) is 2.81. The van der Waals surface area contributed by atoms with Gasteiger partial charge in [-0.15, -0.1) is 11.6 Å². The Morgan fingerprint density at radius 3 is 2.85 bits per heavy atom. The van der Waals surface area contributed by atoms with Gasteiger partial charge in [0.1, 0.15) is 17.0 Å². The highest BCUT2D eigenvalue weighted by molar-refractivity contribution is 6.33. The van der Waals surface area contributed by atoms with Gasteiger partial charge in [0.25, 0.3) is 5.91 Å². The van der Waals surface area contributed by atoms with Crippen LogP contribution in [0.25, 0.3) is 11.3 Å². The molecule has 0 unspecified atom stereocenters. The summed E-state index contributed by atoms with van der Waals surface area (Å²) < 4.78 is 5.14. The van der Waals surface area contributed by atoms with Crippen LogP contribution in [0.4, 0.5) is 0 Å². The van der Waals surface area contributed by atoms with Gasteiger partial charge in [-0.2, -0.15) is 0 Å². The molecular weight excluding hydrogens is 299 g/mol. The first kappa shape index (κ1) is 14.9. The van der Waals surface area contributed by atoms with Crippen LogP contribution in [0.3, 0.4) is 0 Å². The fourth-order valence-electron chi connectivity index (χ4n) is 1.83. The molecule has 0 saturated carbocycles. The fraction of sp³-hybridized carbons (Fsp3) is 0.286. The van der Waals surface area contributed by atoms with E-state index in [0.29, 0.717) is 46.4 Å². The Morgan fingerprint density at radius 1 is 1.40 bits per heavy atom. The number of alkyl halides is 1. The third-order valence-corrected chi connectivity index (χ3v) is 3.41. The molecule has 0 atom stereocenters. The van der Waals surface area contributed by atoms with Crippen LogP contribution in [-0.2, 0) is 0 Å². The second kappa shape index (κ2) is 6.77. The van der Waals surface area contributed by atoms with Crippen molar-refractivity contribution in [1.82, 2.24) is 10.5 Å². The average molecular weight is 313 g/mol. The number of benzene rings is 1. The first-order chi connectivity index (χ1) is 9.65. The molecule has 0 fully saturated rings. The Morgan fingerprint density at radius 2 is 2.15 bits per heavy atom. The van der Waals surface area contributed by atoms with Crippen molar-refractivity contribution in [3.05, 3.63) is 40.6 Å². The van der Waals surface area contributed by atoms with Crippen molar-refractivity contribution in [2.75, 3.05) is 12.4 Å². The van der Waals surface area contributed by atoms with Crippen LogP contribution in [0.15, 0.2) is 28.8 Å². The maximum absolute atomic E-state index is 12.2. The molecule has 0 radical (unpaired) electrons. The molecule has 6 heteroatoms. The van der Waals surface area contributed by atoms with Crippen molar-refractivity contribution in [3.63, 3.8) is 0 Å². The molecule has 0 aliphatic rings. The van der Waals surface area contributed by atoms with E-state index < -0.39 is 0 Å². The summed E-state index contributed by atoms with van der Waals surface area (Å²) in [7, 11) is 0. The van der Waals surface area contributed by atoms with E-state index in [-0.39, 0.29) is 5.91 Å². The van der Waals surface area contributed by atoms with Crippen LogP contribution in [0.1, 0.15) is 22.5 Å². The maximum Gasteiger partial charge on any atom is 0.257 e. The first-order valence-electron chi connectivity index (χ1n) is 6.20. The van der Waals surface area contributed by atoms with Gasteiger partial charge in [0.05, 0.1) is 5.02 Å². The number of aryl methyl sites for hydroxylation is 1. The minimum absolute atomic E-state index is 0.233. The van der Waals surface area contributed by atoms with Gasteiger partial charge in [0.15, 0.2) is 0 Å². The van der Waals surface area contributed by atoms with Crippen LogP contribution >= 0.6 is 23.2 Å². The highest BCUT2D eigenvalue weighted by Crippen LogP contribution is 2.30. The molecule has 1 aromatic heterocycles. The zero-order valence-corrected chi connectivity index (χ0v) is 12.5. The van der Waals surface area contributed by atoms with Gasteiger partial charge < -0.3 is 9.84 Å². The zero-order valence-electron chi connectivity index (χ0n) is 11.0. The van der Waals surface area contributed by atoms with Crippen molar-refractivity contribution >= 4 is 29.1 Å². The van der Waals surface area contributed by atoms with E-state index in [1.165, 1.54) is 0 Å². The maximum atomic E-state index is 12.2. The van der Waals surface area contributed by atoms with Gasteiger partial charge in [0, 0.05) is 18.0 Å². The molecule has 4 nitrogen and oxygen atoms in total. The van der Waals surface area contributed by atoms with Crippen LogP contribution in [0, 0.1) is 6.92 Å². The summed E-state index contributed by atoms with van der Waals surface area (Å²) in [5.41, 5.74) is 1.54. The lowest BCUT2D eigenvalue weighted by Gasteiger charge is -2.05. The van der Waals surface area contributed by atoms with E-state index in [0.717, 1.165) is 0 Å². The van der Waals surface area contributed by atoms with Gasteiger partial charge in [-0.25, -0.2) is 0 Å². The van der Waals surface area contributed by atoms with Gasteiger partial charge >= 0.3 is 0 Å². The molecule has 0 aliphatic heterocycles. The molecule has 2 aromatic rings. The summed E-state index contributed by atoms with van der Waals surface area (Å²) in [6.07, 6.45) is 0.707. The summed E-state index contributed by atoms with van der Waals surface area (Å²) in [6, 6.07) is 7.20. The normalized spacial score (nSPS) is 10.6. The van der Waals surface area contributed by atoms with Crippen molar-refractivity contribution in [1.29, 1.82) is 0 Å². The topological polar surface area (TPSA) is 55.1 Å². The highest BCUT2D eigenvalue weighted by Gasteiger charge is 2.22. The number of nitrogens with zero attached hydrogens (tertiary/aromatic N) is 1. The van der Waals surface area contributed by atoms with E-state index in [1.807, 2.05) is 12.1 Å². The number of hydrogen-bond donors (Lipinski definition) is 1. The predicted molar refractivity (Wildman–Crippen MR) is 79.4 cm³/mol. The molecule has 0 spiro atoms. The van der Waals surface area contributed by atoms with Crippen molar-refractivity contribution in [3.8, 4) is 11.3 Å². The number of amides is 1. The Labute approximate surface area is 127 Å². The van der Waals surface area contributed by atoms with Crippen LogP contribution in [0.5, 0.6) is 0 Å². The molecular formula is C14H14Cl2N2O2. The number of carbonyl (C=O) groups excluding carboxylic acids is 1. The average Bonchev–Trinajstić information content (AvgIpc) is 2.81. The van der Waals surface area contributed by atoms with E-state index in [2.05, 4.69) is 10.5 Å². The summed E-state index contributed by atoms with van der Waals surface area (Å²) >= 11 is 11.7. The van der Waals surface area contributed by atoms with Gasteiger partial charge in [-0.3, -0.25) is 4.79 Å². The van der Waals surface area contributed by atoms with E-state index in [1.54, 1.807) is 19.1 Å². The monoisotopic (exact) mass is 312 g/mol. The molecule has 1 heterocycles. The lowest BCUT2D eigenvalue weighted by molar-refractivity contribution is 0.0953. The van der Waals surface area contributed by atoms with Crippen LogP contribution < -0.4 is 5.32 Å². The van der Waals surface area contributed by atoms with Gasteiger partial charge in [0.2, 0.25) is 0 Å². The van der Waals surface area contributed by atoms with Crippen LogP contribution in [0.2, 0.25) is 5.02 Å². The molecule has 20 heavy (non-hydrogen) atoms. The Balaban J connectivity index is 2.33. The Hall–Kier alpha value is -1.52. The molecule has 1 amide bonds. The van der Waals surface area contributed by atoms with Crippen molar-refractivity contribution < 1.29 is 9.32 Å². The quantitative estimate of drug-likeness (QED) is 0.677. The first-order valence-corrected chi connectivity index (χ1v) is 7.11. The number of carbonyl (C=O) groups is 1. The standard InChI is InChI=1S/C14H14Cl2N2O2/c1-9-12(14(19)17-8-4-7-15)13(18-20-9)10-5-2-3-6-11(10)16/h2-3,5-6H,4,7-8H2,1H3,(H,17,19). The van der Waals surface area contributed by atoms with E-state index in [4.69, 9.17) is 27.7 Å². The van der Waals surface area contributed by atoms with E-state index >= 15 is 0 Å². The second-order valence-corrected chi connectivity index (χ2v) is 5.03. The number of aromatic nitrogens is 1. The number of rotatable bonds is 5. The molecule has 1 aromatic carbocycles. The summed E-state index contributed by atoms with van der Waals surface area (Å²) in [5.74, 6) is 0.729. The lowest BCUT2D eigenvalue weighted by Crippen LogP contribution is -2.25. The number of hydrogen-bond acceptors (Lipinski definition) is 3. The molecule has 0 saturated heterocycles. The summed E-state index contributed by atoms with van der Waals surface area (Å²) in [4.78, 5) is 12.2. The zero-order chi connectivity index (χ0) is 14.5. The predicted octanol–water partition coefficient (Wildman–Crippen LogP) is 3.66. The minimum atomic E-state index is -0.233. The molecule has 0 aliphatic carbocycles. The smallest absolute Gasteiger partial charge is 0.257 e. The van der Waals surface area contributed by atoms with Gasteiger partial charge in [-0.1, -0.05) is 35.0 Å². The summed E-state index contributed by atoms with van der Waals surface area (Å²) in [5, 5.41) is 7.26. The van der Waals surface area contributed by atoms with Gasteiger partial charge in [-0.05, 0) is 19.4 Å². The highest BCUT2D eigenvalue weighted by atomic mass is 35.5. The Bertz CT molecular complexity index is 611. The molecule has 106 valence electrons. The molecule has 1 N–H and O–H groups in total. The number of nitrogens with one attached hydrogen (secondary N) is 1. The Kier molecular flexibility index (Phi) is 5.04. The third kappa shape index (κ3) is 3.14.